The Kier molecular flexibility index (Phi) is 4.92. The fourth-order valence-electron chi connectivity index (χ4n) is 3.83. The van der Waals surface area contributed by atoms with E-state index in [-0.39, 0.29) is 11.9 Å². The number of hydrogen-bond donors (Lipinski definition) is 2. The average molecular weight is 387 g/mol. The highest BCUT2D eigenvalue weighted by Gasteiger charge is 2.21. The first-order chi connectivity index (χ1) is 14.0. The molecule has 0 saturated heterocycles. The first-order valence-electron chi connectivity index (χ1n) is 9.88. The van der Waals surface area contributed by atoms with Crippen LogP contribution >= 0.6 is 0 Å². The molecule has 2 aromatic carbocycles. The first-order valence-corrected chi connectivity index (χ1v) is 9.88. The number of benzene rings is 2. The van der Waals surface area contributed by atoms with E-state index >= 15 is 0 Å². The number of carbonyl (C=O) groups is 1. The molecule has 1 unspecified atom stereocenters. The van der Waals surface area contributed by atoms with Crippen molar-refractivity contribution < 1.29 is 4.79 Å². The van der Waals surface area contributed by atoms with Gasteiger partial charge in [0.1, 0.15) is 0 Å². The second kappa shape index (κ2) is 7.54. The highest BCUT2D eigenvalue weighted by molar-refractivity contribution is 5.94. The van der Waals surface area contributed by atoms with Crippen LogP contribution in [0.25, 0.3) is 16.5 Å². The molecule has 2 N–H and O–H groups in total. The van der Waals surface area contributed by atoms with Crippen LogP contribution in [0.3, 0.4) is 0 Å². The van der Waals surface area contributed by atoms with Crippen LogP contribution < -0.4 is 5.32 Å². The number of rotatable bonds is 5. The molecule has 4 rings (SSSR count). The van der Waals surface area contributed by atoms with Crippen LogP contribution in [0.5, 0.6) is 0 Å². The summed E-state index contributed by atoms with van der Waals surface area (Å²) in [7, 11) is 0. The Morgan fingerprint density at radius 1 is 1.17 bits per heavy atom. The molecule has 0 spiro atoms. The van der Waals surface area contributed by atoms with E-state index in [1.54, 1.807) is 0 Å². The van der Waals surface area contributed by atoms with Crippen LogP contribution in [0.1, 0.15) is 52.9 Å². The molecule has 0 aliphatic heterocycles. The van der Waals surface area contributed by atoms with Crippen molar-refractivity contribution in [3.8, 4) is 5.69 Å². The number of amides is 1. The van der Waals surface area contributed by atoms with E-state index in [2.05, 4.69) is 44.9 Å². The second-order valence-corrected chi connectivity index (χ2v) is 7.32. The quantitative estimate of drug-likeness (QED) is 0.532. The SMILES string of the molecule is CCc1[nH]nc(C(=O)NC(C)c2cnn(-c3cccc4ccccc34)c2C)c1C. The first kappa shape index (κ1) is 18.9. The highest BCUT2D eigenvalue weighted by atomic mass is 16.2. The van der Waals surface area contributed by atoms with Crippen molar-refractivity contribution in [2.75, 3.05) is 0 Å². The molecule has 0 radical (unpaired) electrons. The number of nitrogens with one attached hydrogen (secondary N) is 2. The molecule has 148 valence electrons. The highest BCUT2D eigenvalue weighted by Crippen LogP contribution is 2.26. The lowest BCUT2D eigenvalue weighted by Crippen LogP contribution is -2.27. The van der Waals surface area contributed by atoms with Crippen molar-refractivity contribution >= 4 is 16.7 Å². The Hall–Kier alpha value is -3.41. The molecule has 29 heavy (non-hydrogen) atoms. The number of hydrogen-bond acceptors (Lipinski definition) is 3. The predicted molar refractivity (Wildman–Crippen MR) is 114 cm³/mol. The minimum Gasteiger partial charge on any atom is -0.344 e. The number of H-pyrrole nitrogens is 1. The summed E-state index contributed by atoms with van der Waals surface area (Å²) >= 11 is 0. The molecule has 0 fully saturated rings. The third-order valence-electron chi connectivity index (χ3n) is 5.54. The number of fused-ring (bicyclic) bond motifs is 1. The number of aromatic nitrogens is 4. The summed E-state index contributed by atoms with van der Waals surface area (Å²) in [5.41, 5.74) is 5.36. The molecule has 1 amide bonds. The molecule has 4 aromatic rings. The number of aromatic amines is 1. The van der Waals surface area contributed by atoms with E-state index in [1.807, 2.05) is 56.8 Å². The van der Waals surface area contributed by atoms with Crippen LogP contribution in [0.15, 0.2) is 48.7 Å². The van der Waals surface area contributed by atoms with Crippen LogP contribution in [-0.4, -0.2) is 25.9 Å². The molecule has 0 aliphatic carbocycles. The minimum absolute atomic E-state index is 0.178. The van der Waals surface area contributed by atoms with Crippen molar-refractivity contribution in [3.05, 3.63) is 76.9 Å². The maximum Gasteiger partial charge on any atom is 0.272 e. The Morgan fingerprint density at radius 3 is 2.69 bits per heavy atom. The van der Waals surface area contributed by atoms with Gasteiger partial charge in [0.2, 0.25) is 0 Å². The third-order valence-corrected chi connectivity index (χ3v) is 5.54. The molecule has 0 saturated carbocycles. The molecule has 6 nitrogen and oxygen atoms in total. The second-order valence-electron chi connectivity index (χ2n) is 7.32. The van der Waals surface area contributed by atoms with Gasteiger partial charge in [0.05, 0.1) is 17.9 Å². The Balaban J connectivity index is 1.62. The molecule has 6 heteroatoms. The van der Waals surface area contributed by atoms with Crippen LogP contribution in [0.2, 0.25) is 0 Å². The third kappa shape index (κ3) is 3.31. The predicted octanol–water partition coefficient (Wildman–Crippen LogP) is 4.42. The molecular weight excluding hydrogens is 362 g/mol. The largest absolute Gasteiger partial charge is 0.344 e. The van der Waals surface area contributed by atoms with Gasteiger partial charge < -0.3 is 5.32 Å². The topological polar surface area (TPSA) is 75.6 Å². The standard InChI is InChI=1S/C23H25N5O/c1-5-20-14(2)22(27-26-20)23(29)25-15(3)19-13-24-28(16(19)4)21-12-8-10-17-9-6-7-11-18(17)21/h6-13,15H,5H2,1-4H3,(H,25,29)(H,26,27). The Bertz CT molecular complexity index is 1180. The van der Waals surface area contributed by atoms with Gasteiger partial charge >= 0.3 is 0 Å². The van der Waals surface area contributed by atoms with Gasteiger partial charge in [0.15, 0.2) is 5.69 Å². The zero-order valence-corrected chi connectivity index (χ0v) is 17.2. The van der Waals surface area contributed by atoms with E-state index in [9.17, 15) is 4.79 Å². The van der Waals surface area contributed by atoms with Crippen molar-refractivity contribution in [1.82, 2.24) is 25.3 Å². The van der Waals surface area contributed by atoms with Gasteiger partial charge in [-0.25, -0.2) is 4.68 Å². The van der Waals surface area contributed by atoms with Gasteiger partial charge in [0.25, 0.3) is 5.91 Å². The summed E-state index contributed by atoms with van der Waals surface area (Å²) in [5, 5.41) is 17.1. The molecule has 2 heterocycles. The summed E-state index contributed by atoms with van der Waals surface area (Å²) in [5.74, 6) is -0.178. The molecule has 0 bridgehead atoms. The van der Waals surface area contributed by atoms with Gasteiger partial charge in [-0.05, 0) is 38.6 Å². The van der Waals surface area contributed by atoms with Crippen LogP contribution in [-0.2, 0) is 6.42 Å². The minimum atomic E-state index is -0.188. The van der Waals surface area contributed by atoms with Gasteiger partial charge in [-0.15, -0.1) is 0 Å². The zero-order valence-electron chi connectivity index (χ0n) is 17.2. The van der Waals surface area contributed by atoms with Crippen molar-refractivity contribution in [2.24, 2.45) is 0 Å². The molecule has 1 atom stereocenters. The van der Waals surface area contributed by atoms with E-state index in [4.69, 9.17) is 0 Å². The molecule has 0 aliphatic rings. The van der Waals surface area contributed by atoms with E-state index in [0.717, 1.165) is 40.0 Å². The number of carbonyl (C=O) groups excluding carboxylic acids is 1. The Morgan fingerprint density at radius 2 is 1.93 bits per heavy atom. The lowest BCUT2D eigenvalue weighted by atomic mass is 10.1. The summed E-state index contributed by atoms with van der Waals surface area (Å²) < 4.78 is 1.94. The average Bonchev–Trinajstić information content (AvgIpc) is 3.29. The van der Waals surface area contributed by atoms with Gasteiger partial charge in [0, 0.05) is 27.9 Å². The van der Waals surface area contributed by atoms with Gasteiger partial charge in [-0.3, -0.25) is 9.89 Å². The summed E-state index contributed by atoms with van der Waals surface area (Å²) in [6, 6.07) is 14.3. The van der Waals surface area contributed by atoms with Crippen molar-refractivity contribution in [3.63, 3.8) is 0 Å². The molecule has 2 aromatic heterocycles. The number of nitrogens with zero attached hydrogens (tertiary/aromatic N) is 3. The molecular formula is C23H25N5O. The van der Waals surface area contributed by atoms with Crippen LogP contribution in [0.4, 0.5) is 0 Å². The van der Waals surface area contributed by atoms with Crippen LogP contribution in [0, 0.1) is 13.8 Å². The summed E-state index contributed by atoms with van der Waals surface area (Å²) in [6.45, 7) is 7.96. The van der Waals surface area contributed by atoms with E-state index < -0.39 is 0 Å². The maximum absolute atomic E-state index is 12.7. The van der Waals surface area contributed by atoms with E-state index in [0.29, 0.717) is 5.69 Å². The van der Waals surface area contributed by atoms with E-state index in [1.165, 1.54) is 5.39 Å². The lowest BCUT2D eigenvalue weighted by molar-refractivity contribution is 0.0934. The fraction of sp³-hybridized carbons (Fsp3) is 0.261. The van der Waals surface area contributed by atoms with Gasteiger partial charge in [-0.2, -0.15) is 10.2 Å². The summed E-state index contributed by atoms with van der Waals surface area (Å²) in [6.07, 6.45) is 2.65. The smallest absolute Gasteiger partial charge is 0.272 e. The normalized spacial score (nSPS) is 12.3. The van der Waals surface area contributed by atoms with Crippen molar-refractivity contribution in [1.29, 1.82) is 0 Å². The lowest BCUT2D eigenvalue weighted by Gasteiger charge is -2.14. The maximum atomic E-state index is 12.7. The van der Waals surface area contributed by atoms with Crippen molar-refractivity contribution in [2.45, 2.75) is 40.2 Å². The monoisotopic (exact) mass is 387 g/mol. The fourth-order valence-corrected chi connectivity index (χ4v) is 3.83. The van der Waals surface area contributed by atoms with Gasteiger partial charge in [-0.1, -0.05) is 43.3 Å². The number of aryl methyl sites for hydroxylation is 1. The zero-order chi connectivity index (χ0) is 20.5. The Labute approximate surface area is 169 Å². The summed E-state index contributed by atoms with van der Waals surface area (Å²) in [4.78, 5) is 12.7.